The fourth-order valence-corrected chi connectivity index (χ4v) is 2.55. The summed E-state index contributed by atoms with van der Waals surface area (Å²) in [4.78, 5) is 23.3. The number of aromatic nitrogens is 1. The van der Waals surface area contributed by atoms with Gasteiger partial charge in [-0.1, -0.05) is 18.2 Å². The summed E-state index contributed by atoms with van der Waals surface area (Å²) in [6.45, 7) is 0. The standard InChI is InChI=1S/C15H15NO8/c17-9-10(18)12(13(20)21)23-14(11(9)19)24-15(22)16-6-5-7-3-1-2-4-8(7)16/h1-6,9-12,14,17-19H,(H,20,21)/t9-,10-,11+,12-,14-/m0/s1. The lowest BCUT2D eigenvalue weighted by Gasteiger charge is -2.37. The molecular formula is C15H15NO8. The van der Waals surface area contributed by atoms with Gasteiger partial charge in [0, 0.05) is 11.6 Å². The number of nitrogens with zero attached hydrogens (tertiary/aromatic N) is 1. The van der Waals surface area contributed by atoms with Crippen LogP contribution in [0.2, 0.25) is 0 Å². The molecule has 9 nitrogen and oxygen atoms in total. The molecule has 2 aromatic rings. The van der Waals surface area contributed by atoms with Gasteiger partial charge in [0.15, 0.2) is 6.10 Å². The average Bonchev–Trinajstić information content (AvgIpc) is 2.99. The first kappa shape index (κ1) is 16.4. The molecular weight excluding hydrogens is 322 g/mol. The zero-order chi connectivity index (χ0) is 17.4. The SMILES string of the molecule is O=C(O)[C@H]1O[C@@H](OC(=O)n2ccc3ccccc32)[C@H](O)[C@@H](O)[C@@H]1O. The van der Waals surface area contributed by atoms with E-state index in [4.69, 9.17) is 14.6 Å². The van der Waals surface area contributed by atoms with E-state index in [0.29, 0.717) is 5.52 Å². The Morgan fingerprint density at radius 2 is 1.75 bits per heavy atom. The minimum atomic E-state index is -1.85. The van der Waals surface area contributed by atoms with Crippen molar-refractivity contribution in [3.05, 3.63) is 36.5 Å². The second kappa shape index (κ2) is 6.21. The Morgan fingerprint density at radius 1 is 1.04 bits per heavy atom. The normalized spacial score (nSPS) is 30.2. The predicted molar refractivity (Wildman–Crippen MR) is 78.1 cm³/mol. The van der Waals surface area contributed by atoms with Crippen LogP contribution in [0.1, 0.15) is 0 Å². The first-order valence-electron chi connectivity index (χ1n) is 7.09. The molecule has 4 N–H and O–H groups in total. The Kier molecular flexibility index (Phi) is 4.24. The highest BCUT2D eigenvalue weighted by atomic mass is 16.7. The molecule has 1 aliphatic heterocycles. The van der Waals surface area contributed by atoms with Crippen molar-refractivity contribution in [2.45, 2.75) is 30.7 Å². The summed E-state index contributed by atoms with van der Waals surface area (Å²) in [5, 5.41) is 38.9. The number of carboxylic acid groups (broad SMARTS) is 1. The molecule has 0 aliphatic carbocycles. The number of fused-ring (bicyclic) bond motifs is 1. The fourth-order valence-electron chi connectivity index (χ4n) is 2.55. The lowest BCUT2D eigenvalue weighted by molar-refractivity contribution is -0.278. The molecule has 2 heterocycles. The second-order valence-corrected chi connectivity index (χ2v) is 5.36. The van der Waals surface area contributed by atoms with Crippen molar-refractivity contribution in [1.29, 1.82) is 0 Å². The maximum atomic E-state index is 12.3. The first-order valence-corrected chi connectivity index (χ1v) is 7.09. The van der Waals surface area contributed by atoms with E-state index in [2.05, 4.69) is 0 Å². The fraction of sp³-hybridized carbons (Fsp3) is 0.333. The molecule has 1 fully saturated rings. The maximum Gasteiger partial charge on any atom is 0.420 e. The minimum Gasteiger partial charge on any atom is -0.479 e. The molecule has 1 saturated heterocycles. The number of para-hydroxylation sites is 1. The van der Waals surface area contributed by atoms with E-state index in [-0.39, 0.29) is 0 Å². The number of hydrogen-bond acceptors (Lipinski definition) is 7. The molecule has 9 heteroatoms. The van der Waals surface area contributed by atoms with Gasteiger partial charge in [-0.3, -0.25) is 4.57 Å². The van der Waals surface area contributed by atoms with E-state index in [1.807, 2.05) is 0 Å². The van der Waals surface area contributed by atoms with Gasteiger partial charge in [0.1, 0.15) is 18.3 Å². The van der Waals surface area contributed by atoms with Crippen LogP contribution in [0.15, 0.2) is 36.5 Å². The van der Waals surface area contributed by atoms with Crippen molar-refractivity contribution in [2.75, 3.05) is 0 Å². The van der Waals surface area contributed by atoms with Crippen LogP contribution in [0.3, 0.4) is 0 Å². The van der Waals surface area contributed by atoms with Gasteiger partial charge < -0.3 is 29.9 Å². The molecule has 3 rings (SSSR count). The molecule has 1 aromatic carbocycles. The molecule has 0 saturated carbocycles. The summed E-state index contributed by atoms with van der Waals surface area (Å²) < 4.78 is 11.0. The number of hydrogen-bond donors (Lipinski definition) is 4. The van der Waals surface area contributed by atoms with Crippen LogP contribution in [-0.4, -0.2) is 67.8 Å². The Hall–Kier alpha value is -2.46. The molecule has 5 atom stereocenters. The van der Waals surface area contributed by atoms with Gasteiger partial charge in [0.2, 0.25) is 6.29 Å². The van der Waals surface area contributed by atoms with Gasteiger partial charge in [0.25, 0.3) is 0 Å². The molecule has 24 heavy (non-hydrogen) atoms. The van der Waals surface area contributed by atoms with Crippen LogP contribution in [-0.2, 0) is 14.3 Å². The summed E-state index contributed by atoms with van der Waals surface area (Å²) in [5.41, 5.74) is 0.545. The molecule has 0 bridgehead atoms. The van der Waals surface area contributed by atoms with Crippen LogP contribution < -0.4 is 0 Å². The van der Waals surface area contributed by atoms with Crippen LogP contribution in [0, 0.1) is 0 Å². The maximum absolute atomic E-state index is 12.3. The monoisotopic (exact) mass is 337 g/mol. The van der Waals surface area contributed by atoms with E-state index in [9.17, 15) is 24.9 Å². The number of carboxylic acids is 1. The van der Waals surface area contributed by atoms with E-state index >= 15 is 0 Å². The number of carbonyl (C=O) groups excluding carboxylic acids is 1. The highest BCUT2D eigenvalue weighted by Crippen LogP contribution is 2.23. The first-order chi connectivity index (χ1) is 11.4. The summed E-state index contributed by atoms with van der Waals surface area (Å²) in [7, 11) is 0. The topological polar surface area (TPSA) is 138 Å². The van der Waals surface area contributed by atoms with Crippen molar-refractivity contribution in [3.8, 4) is 0 Å². The molecule has 1 aromatic heterocycles. The van der Waals surface area contributed by atoms with Gasteiger partial charge in [-0.25, -0.2) is 9.59 Å². The van der Waals surface area contributed by atoms with E-state index in [1.54, 1.807) is 30.3 Å². The predicted octanol–water partition coefficient (Wildman–Crippen LogP) is -0.482. The number of benzene rings is 1. The number of rotatable bonds is 2. The quantitative estimate of drug-likeness (QED) is 0.576. The van der Waals surface area contributed by atoms with Crippen molar-refractivity contribution < 1.29 is 39.5 Å². The van der Waals surface area contributed by atoms with Crippen molar-refractivity contribution >= 4 is 23.0 Å². The number of carbonyl (C=O) groups is 2. The summed E-state index contributed by atoms with van der Waals surface area (Å²) >= 11 is 0. The molecule has 128 valence electrons. The summed E-state index contributed by atoms with van der Waals surface area (Å²) in [5.74, 6) is -1.55. The van der Waals surface area contributed by atoms with Crippen molar-refractivity contribution in [1.82, 2.24) is 4.57 Å². The van der Waals surface area contributed by atoms with Gasteiger partial charge >= 0.3 is 12.1 Å². The smallest absolute Gasteiger partial charge is 0.420 e. The van der Waals surface area contributed by atoms with Gasteiger partial charge in [-0.05, 0) is 12.1 Å². The Morgan fingerprint density at radius 3 is 2.46 bits per heavy atom. The average molecular weight is 337 g/mol. The van der Waals surface area contributed by atoms with Crippen molar-refractivity contribution in [3.63, 3.8) is 0 Å². The molecule has 0 unspecified atom stereocenters. The van der Waals surface area contributed by atoms with E-state index in [0.717, 1.165) is 9.95 Å². The number of aliphatic hydroxyl groups is 3. The van der Waals surface area contributed by atoms with Gasteiger partial charge in [-0.2, -0.15) is 0 Å². The van der Waals surface area contributed by atoms with Crippen LogP contribution in [0.4, 0.5) is 4.79 Å². The third-order valence-electron chi connectivity index (χ3n) is 3.83. The third-order valence-corrected chi connectivity index (χ3v) is 3.83. The number of aliphatic hydroxyl groups excluding tert-OH is 3. The van der Waals surface area contributed by atoms with Gasteiger partial charge in [-0.15, -0.1) is 0 Å². The zero-order valence-corrected chi connectivity index (χ0v) is 12.2. The van der Waals surface area contributed by atoms with Crippen molar-refractivity contribution in [2.24, 2.45) is 0 Å². The molecule has 0 radical (unpaired) electrons. The van der Waals surface area contributed by atoms with E-state index in [1.165, 1.54) is 6.20 Å². The Labute approximate surface area is 135 Å². The number of ether oxygens (including phenoxy) is 2. The van der Waals surface area contributed by atoms with Crippen LogP contribution >= 0.6 is 0 Å². The van der Waals surface area contributed by atoms with Crippen LogP contribution in [0.5, 0.6) is 0 Å². The van der Waals surface area contributed by atoms with Gasteiger partial charge in [0.05, 0.1) is 5.52 Å². The molecule has 0 spiro atoms. The molecule has 0 amide bonds. The lowest BCUT2D eigenvalue weighted by Crippen LogP contribution is -2.60. The minimum absolute atomic E-state index is 0.545. The highest BCUT2D eigenvalue weighted by molar-refractivity contribution is 5.89. The largest absolute Gasteiger partial charge is 0.479 e. The lowest BCUT2D eigenvalue weighted by atomic mass is 9.99. The van der Waals surface area contributed by atoms with E-state index < -0.39 is 42.8 Å². The third kappa shape index (κ3) is 2.74. The Balaban J connectivity index is 1.81. The summed E-state index contributed by atoms with van der Waals surface area (Å²) in [6.07, 6.45) is -8.52. The highest BCUT2D eigenvalue weighted by Gasteiger charge is 2.48. The zero-order valence-electron chi connectivity index (χ0n) is 12.2. The number of aliphatic carboxylic acids is 1. The summed E-state index contributed by atoms with van der Waals surface area (Å²) in [6, 6.07) is 8.65. The Bertz CT molecular complexity index is 772. The van der Waals surface area contributed by atoms with Crippen LogP contribution in [0.25, 0.3) is 10.9 Å². The second-order valence-electron chi connectivity index (χ2n) is 5.36. The molecule has 1 aliphatic rings.